The Morgan fingerprint density at radius 3 is 2.80 bits per heavy atom. The van der Waals surface area contributed by atoms with Crippen molar-refractivity contribution in [2.45, 2.75) is 37.8 Å². The van der Waals surface area contributed by atoms with E-state index in [0.29, 0.717) is 25.7 Å². The van der Waals surface area contributed by atoms with Crippen LogP contribution in [0.25, 0.3) is 0 Å². The molecule has 0 unspecified atom stereocenters. The van der Waals surface area contributed by atoms with E-state index in [1.807, 2.05) is 12.1 Å². The zero-order valence-electron chi connectivity index (χ0n) is 14.6. The summed E-state index contributed by atoms with van der Waals surface area (Å²) < 4.78 is 5.80. The Labute approximate surface area is 148 Å². The van der Waals surface area contributed by atoms with Crippen molar-refractivity contribution in [1.29, 1.82) is 0 Å². The minimum Gasteiger partial charge on any atom is -0.374 e. The van der Waals surface area contributed by atoms with E-state index < -0.39 is 0 Å². The fraction of sp³-hybridized carbons (Fsp3) is 0.722. The summed E-state index contributed by atoms with van der Waals surface area (Å²) in [6.45, 7) is 3.38. The van der Waals surface area contributed by atoms with Gasteiger partial charge in [0.1, 0.15) is 5.82 Å². The first kappa shape index (κ1) is 16.7. The highest BCUT2D eigenvalue weighted by Gasteiger charge is 2.42. The molecule has 1 aliphatic heterocycles. The van der Waals surface area contributed by atoms with Gasteiger partial charge >= 0.3 is 0 Å². The number of rotatable bonds is 8. The van der Waals surface area contributed by atoms with Crippen LogP contribution >= 0.6 is 0 Å². The quantitative estimate of drug-likeness (QED) is 0.729. The lowest BCUT2D eigenvalue weighted by atomic mass is 10.1. The molecule has 3 fully saturated rings. The van der Waals surface area contributed by atoms with E-state index in [0.717, 1.165) is 30.7 Å². The van der Waals surface area contributed by atoms with Crippen molar-refractivity contribution < 1.29 is 9.53 Å². The summed E-state index contributed by atoms with van der Waals surface area (Å²) in [6, 6.07) is 4.17. The van der Waals surface area contributed by atoms with Gasteiger partial charge in [0.25, 0.3) is 0 Å². The van der Waals surface area contributed by atoms with E-state index in [-0.39, 0.29) is 12.0 Å². The number of carbonyl (C=O) groups is 1. The first-order valence-electron chi connectivity index (χ1n) is 9.43. The normalized spacial score (nSPS) is 24.3. The molecule has 2 heterocycles. The van der Waals surface area contributed by atoms with Gasteiger partial charge in [0.2, 0.25) is 5.91 Å². The Bertz CT molecular complexity index is 564. The van der Waals surface area contributed by atoms with Gasteiger partial charge in [0, 0.05) is 31.9 Å². The number of hydrogen-bond donors (Lipinski definition) is 2. The number of ether oxygens (including phenoxy) is 1. The van der Waals surface area contributed by atoms with Crippen LogP contribution in [-0.2, 0) is 9.53 Å². The summed E-state index contributed by atoms with van der Waals surface area (Å²) in [5.74, 6) is 2.40. The molecular formula is C18H27N5O2. The summed E-state index contributed by atoms with van der Waals surface area (Å²) in [5, 5.41) is 14.4. The Morgan fingerprint density at radius 1 is 1.32 bits per heavy atom. The monoisotopic (exact) mass is 345 g/mol. The van der Waals surface area contributed by atoms with Gasteiger partial charge in [-0.1, -0.05) is 0 Å². The molecule has 0 aromatic carbocycles. The molecule has 7 heteroatoms. The van der Waals surface area contributed by atoms with Crippen LogP contribution in [0.1, 0.15) is 25.7 Å². The molecule has 136 valence electrons. The third kappa shape index (κ3) is 4.89. The van der Waals surface area contributed by atoms with Crippen molar-refractivity contribution in [3.8, 4) is 0 Å². The van der Waals surface area contributed by atoms with Gasteiger partial charge in [-0.15, -0.1) is 5.10 Å². The Balaban J connectivity index is 1.21. The third-order valence-corrected chi connectivity index (χ3v) is 5.26. The maximum Gasteiger partial charge on any atom is 0.234 e. The predicted octanol–water partition coefficient (Wildman–Crippen LogP) is 0.894. The first-order chi connectivity index (χ1) is 12.3. The van der Waals surface area contributed by atoms with Gasteiger partial charge in [-0.05, 0) is 49.7 Å². The molecule has 2 N–H and O–H groups in total. The number of morpholine rings is 1. The predicted molar refractivity (Wildman–Crippen MR) is 94.1 cm³/mol. The average Bonchev–Trinajstić information content (AvgIpc) is 3.53. The number of carbonyl (C=O) groups excluding carboxylic acids is 1. The lowest BCUT2D eigenvalue weighted by Crippen LogP contribution is -2.50. The second kappa shape index (κ2) is 7.66. The van der Waals surface area contributed by atoms with E-state index in [1.165, 1.54) is 25.7 Å². The number of amides is 1. The van der Waals surface area contributed by atoms with Gasteiger partial charge in [0.05, 0.1) is 19.3 Å². The number of hydrogen-bond acceptors (Lipinski definition) is 6. The van der Waals surface area contributed by atoms with Crippen LogP contribution in [0, 0.1) is 11.8 Å². The van der Waals surface area contributed by atoms with Crippen LogP contribution in [0.15, 0.2) is 18.3 Å². The summed E-state index contributed by atoms with van der Waals surface area (Å²) in [5.41, 5.74) is 0. The summed E-state index contributed by atoms with van der Waals surface area (Å²) in [4.78, 5) is 14.6. The summed E-state index contributed by atoms with van der Waals surface area (Å²) in [7, 11) is 0. The molecule has 1 atom stereocenters. The van der Waals surface area contributed by atoms with Crippen molar-refractivity contribution in [2.24, 2.45) is 11.8 Å². The van der Waals surface area contributed by atoms with Crippen molar-refractivity contribution in [3.05, 3.63) is 18.3 Å². The summed E-state index contributed by atoms with van der Waals surface area (Å²) >= 11 is 0. The highest BCUT2D eigenvalue weighted by atomic mass is 16.5. The molecule has 1 saturated heterocycles. The average molecular weight is 345 g/mol. The lowest BCUT2D eigenvalue weighted by Gasteiger charge is -2.33. The van der Waals surface area contributed by atoms with E-state index in [1.54, 1.807) is 6.20 Å². The zero-order chi connectivity index (χ0) is 17.1. The topological polar surface area (TPSA) is 79.4 Å². The second-order valence-corrected chi connectivity index (χ2v) is 7.49. The largest absolute Gasteiger partial charge is 0.374 e. The van der Waals surface area contributed by atoms with Crippen LogP contribution in [-0.4, -0.2) is 65.9 Å². The Morgan fingerprint density at radius 2 is 2.12 bits per heavy atom. The fourth-order valence-corrected chi connectivity index (χ4v) is 3.63. The van der Waals surface area contributed by atoms with E-state index >= 15 is 0 Å². The number of nitrogens with zero attached hydrogens (tertiary/aromatic N) is 3. The standard InChI is InChI=1S/C18H27N5O2/c24-17(21-18(13-3-4-13)14-5-6-14)12-23-8-9-25-15(11-23)10-19-16-2-1-7-20-22-16/h1-2,7,13-15,18H,3-6,8-12H2,(H,19,22)(H,21,24)/t15-/m1/s1. The fourth-order valence-electron chi connectivity index (χ4n) is 3.63. The van der Waals surface area contributed by atoms with Crippen LogP contribution in [0.4, 0.5) is 5.82 Å². The maximum absolute atomic E-state index is 12.4. The smallest absolute Gasteiger partial charge is 0.234 e. The van der Waals surface area contributed by atoms with Crippen LogP contribution in [0.2, 0.25) is 0 Å². The minimum atomic E-state index is 0.0613. The molecule has 0 bridgehead atoms. The number of nitrogens with one attached hydrogen (secondary N) is 2. The molecule has 1 aromatic heterocycles. The van der Waals surface area contributed by atoms with Crippen LogP contribution in [0.5, 0.6) is 0 Å². The van der Waals surface area contributed by atoms with Gasteiger partial charge in [0.15, 0.2) is 0 Å². The third-order valence-electron chi connectivity index (χ3n) is 5.26. The molecule has 0 spiro atoms. The molecule has 1 amide bonds. The first-order valence-corrected chi connectivity index (χ1v) is 9.43. The second-order valence-electron chi connectivity index (χ2n) is 7.49. The minimum absolute atomic E-state index is 0.0613. The molecule has 3 aliphatic rings. The number of anilines is 1. The van der Waals surface area contributed by atoms with Gasteiger partial charge in [-0.25, -0.2) is 0 Å². The van der Waals surface area contributed by atoms with E-state index in [4.69, 9.17) is 4.74 Å². The van der Waals surface area contributed by atoms with Crippen molar-refractivity contribution in [3.63, 3.8) is 0 Å². The molecular weight excluding hydrogens is 318 g/mol. The highest BCUT2D eigenvalue weighted by Crippen LogP contribution is 2.44. The van der Waals surface area contributed by atoms with Crippen LogP contribution in [0.3, 0.4) is 0 Å². The van der Waals surface area contributed by atoms with Crippen molar-refractivity contribution in [1.82, 2.24) is 20.4 Å². The van der Waals surface area contributed by atoms with E-state index in [9.17, 15) is 4.79 Å². The Hall–Kier alpha value is -1.73. The van der Waals surface area contributed by atoms with Gasteiger partial charge in [-0.2, -0.15) is 5.10 Å². The summed E-state index contributed by atoms with van der Waals surface area (Å²) in [6.07, 6.45) is 6.86. The molecule has 25 heavy (non-hydrogen) atoms. The molecule has 4 rings (SSSR count). The van der Waals surface area contributed by atoms with Crippen LogP contribution < -0.4 is 10.6 Å². The Kier molecular flexibility index (Phi) is 5.12. The number of aromatic nitrogens is 2. The van der Waals surface area contributed by atoms with Gasteiger partial charge in [-0.3, -0.25) is 9.69 Å². The highest BCUT2D eigenvalue weighted by molar-refractivity contribution is 5.78. The molecule has 0 radical (unpaired) electrons. The molecule has 2 aliphatic carbocycles. The maximum atomic E-state index is 12.4. The van der Waals surface area contributed by atoms with Crippen molar-refractivity contribution in [2.75, 3.05) is 38.1 Å². The molecule has 1 aromatic rings. The molecule has 2 saturated carbocycles. The molecule has 7 nitrogen and oxygen atoms in total. The van der Waals surface area contributed by atoms with Crippen molar-refractivity contribution >= 4 is 11.7 Å². The zero-order valence-corrected chi connectivity index (χ0v) is 14.6. The SMILES string of the molecule is O=C(CN1CCO[C@H](CNc2cccnn2)C1)NC(C1CC1)C1CC1. The van der Waals surface area contributed by atoms with E-state index in [2.05, 4.69) is 25.7 Å². The lowest BCUT2D eigenvalue weighted by molar-refractivity contribution is -0.125. The van der Waals surface area contributed by atoms with Gasteiger partial charge < -0.3 is 15.4 Å².